The predicted octanol–water partition coefficient (Wildman–Crippen LogP) is 4.75. The van der Waals surface area contributed by atoms with Crippen LogP contribution in [-0.2, 0) is 16.0 Å². The Morgan fingerprint density at radius 3 is 2.29 bits per heavy atom. The van der Waals surface area contributed by atoms with Crippen LogP contribution in [0.5, 0.6) is 0 Å². The highest BCUT2D eigenvalue weighted by Crippen LogP contribution is 2.39. The van der Waals surface area contributed by atoms with Gasteiger partial charge in [-0.3, -0.25) is 4.79 Å². The summed E-state index contributed by atoms with van der Waals surface area (Å²) >= 11 is 5.77. The summed E-state index contributed by atoms with van der Waals surface area (Å²) in [6.45, 7) is 3.09. The van der Waals surface area contributed by atoms with E-state index in [9.17, 15) is 27.2 Å². The Bertz CT molecular complexity index is 639. The summed E-state index contributed by atoms with van der Waals surface area (Å²) in [4.78, 5) is 23.5. The summed E-state index contributed by atoms with van der Waals surface area (Å²) in [5, 5.41) is -0.170. The van der Waals surface area contributed by atoms with Gasteiger partial charge in [0.05, 0.1) is 11.6 Å². The molecule has 0 aromatic heterocycles. The van der Waals surface area contributed by atoms with Gasteiger partial charge >= 0.3 is 12.1 Å². The Morgan fingerprint density at radius 2 is 1.79 bits per heavy atom. The summed E-state index contributed by atoms with van der Waals surface area (Å²) in [6, 6.07) is 2.47. The number of hydrogen-bond acceptors (Lipinski definition) is 3. The zero-order valence-electron chi connectivity index (χ0n) is 13.4. The number of carbonyl (C=O) groups is 2. The Morgan fingerprint density at radius 1 is 1.21 bits per heavy atom. The van der Waals surface area contributed by atoms with Crippen LogP contribution in [0.25, 0.3) is 0 Å². The van der Waals surface area contributed by atoms with Crippen LogP contribution in [0, 0.1) is 11.2 Å². The van der Waals surface area contributed by atoms with E-state index in [-0.39, 0.29) is 23.6 Å². The fraction of sp³-hybridized carbons (Fsp3) is 0.500. The van der Waals surface area contributed by atoms with Gasteiger partial charge in [-0.1, -0.05) is 17.7 Å². The molecule has 0 aliphatic heterocycles. The van der Waals surface area contributed by atoms with Crippen LogP contribution in [0.4, 0.5) is 17.6 Å². The lowest BCUT2D eigenvalue weighted by Crippen LogP contribution is -2.39. The molecular weight excluding hydrogens is 352 g/mol. The molecule has 0 N–H and O–H groups in total. The van der Waals surface area contributed by atoms with Crippen molar-refractivity contribution in [2.75, 3.05) is 6.61 Å². The molecule has 0 saturated carbocycles. The Kier molecular flexibility index (Phi) is 6.38. The third-order valence-corrected chi connectivity index (χ3v) is 3.99. The number of esters is 1. The SMILES string of the molecule is CCOC(=O)c1c(Cl)ccc(CCC(=O)C(C)(C)C(F)(F)F)c1F. The van der Waals surface area contributed by atoms with Crippen molar-refractivity contribution in [1.82, 2.24) is 0 Å². The fourth-order valence-electron chi connectivity index (χ4n) is 1.90. The lowest BCUT2D eigenvalue weighted by Gasteiger charge is -2.26. The summed E-state index contributed by atoms with van der Waals surface area (Å²) in [5.41, 5.74) is -3.09. The molecule has 0 bridgehead atoms. The molecule has 3 nitrogen and oxygen atoms in total. The van der Waals surface area contributed by atoms with Gasteiger partial charge in [0.25, 0.3) is 0 Å². The second-order valence-electron chi connectivity index (χ2n) is 5.66. The van der Waals surface area contributed by atoms with Gasteiger partial charge < -0.3 is 4.74 Å². The minimum atomic E-state index is -4.70. The number of ketones is 1. The van der Waals surface area contributed by atoms with Crippen LogP contribution in [0.15, 0.2) is 12.1 Å². The molecule has 0 heterocycles. The van der Waals surface area contributed by atoms with Crippen LogP contribution in [0.1, 0.15) is 43.1 Å². The molecule has 0 saturated heterocycles. The molecule has 0 aliphatic rings. The monoisotopic (exact) mass is 368 g/mol. The van der Waals surface area contributed by atoms with E-state index < -0.39 is 41.1 Å². The first kappa shape index (κ1) is 20.4. The minimum Gasteiger partial charge on any atom is -0.462 e. The average molecular weight is 369 g/mol. The zero-order chi connectivity index (χ0) is 18.7. The zero-order valence-corrected chi connectivity index (χ0v) is 14.1. The molecule has 8 heteroatoms. The van der Waals surface area contributed by atoms with Gasteiger partial charge in [-0.05, 0) is 38.8 Å². The highest BCUT2D eigenvalue weighted by molar-refractivity contribution is 6.33. The van der Waals surface area contributed by atoms with E-state index in [4.69, 9.17) is 16.3 Å². The van der Waals surface area contributed by atoms with E-state index in [0.29, 0.717) is 0 Å². The van der Waals surface area contributed by atoms with Crippen LogP contribution in [-0.4, -0.2) is 24.5 Å². The molecule has 0 radical (unpaired) electrons. The first-order chi connectivity index (χ1) is 10.9. The molecule has 0 amide bonds. The number of alkyl halides is 3. The number of ether oxygens (including phenoxy) is 1. The third-order valence-electron chi connectivity index (χ3n) is 3.68. The van der Waals surface area contributed by atoms with Crippen molar-refractivity contribution in [2.24, 2.45) is 5.41 Å². The summed E-state index contributed by atoms with van der Waals surface area (Å²) in [7, 11) is 0. The number of carbonyl (C=O) groups excluding carboxylic acids is 2. The molecule has 1 aromatic carbocycles. The fourth-order valence-corrected chi connectivity index (χ4v) is 2.12. The Labute approximate surface area is 141 Å². The van der Waals surface area contributed by atoms with Crippen LogP contribution in [0.3, 0.4) is 0 Å². The second kappa shape index (κ2) is 7.51. The largest absolute Gasteiger partial charge is 0.462 e. The standard InChI is InChI=1S/C16H17ClF4O3/c1-4-24-14(23)12-10(17)7-5-9(13(12)18)6-8-11(22)15(2,3)16(19,20)21/h5,7H,4,6,8H2,1-3H3. The highest BCUT2D eigenvalue weighted by atomic mass is 35.5. The second-order valence-corrected chi connectivity index (χ2v) is 6.07. The molecule has 1 rings (SSSR count). The lowest BCUT2D eigenvalue weighted by atomic mass is 9.84. The van der Waals surface area contributed by atoms with Crippen molar-refractivity contribution in [3.05, 3.63) is 34.1 Å². The normalized spacial score (nSPS) is 12.2. The van der Waals surface area contributed by atoms with E-state index in [0.717, 1.165) is 13.8 Å². The van der Waals surface area contributed by atoms with Crippen molar-refractivity contribution in [1.29, 1.82) is 0 Å². The number of aryl methyl sites for hydroxylation is 1. The number of Topliss-reactive ketones (excluding diaryl/α,β-unsaturated/α-hetero) is 1. The van der Waals surface area contributed by atoms with Crippen molar-refractivity contribution in [3.63, 3.8) is 0 Å². The van der Waals surface area contributed by atoms with E-state index in [2.05, 4.69) is 0 Å². The first-order valence-corrected chi connectivity index (χ1v) is 7.55. The highest BCUT2D eigenvalue weighted by Gasteiger charge is 2.51. The van der Waals surface area contributed by atoms with E-state index >= 15 is 0 Å². The smallest absolute Gasteiger partial charge is 0.400 e. The summed E-state index contributed by atoms with van der Waals surface area (Å²) in [5.74, 6) is -3.02. The van der Waals surface area contributed by atoms with Crippen molar-refractivity contribution in [3.8, 4) is 0 Å². The predicted molar refractivity (Wildman–Crippen MR) is 80.5 cm³/mol. The maximum atomic E-state index is 14.4. The minimum absolute atomic E-state index is 0.0110. The molecule has 134 valence electrons. The molecule has 0 aliphatic carbocycles. The maximum absolute atomic E-state index is 14.4. The molecule has 0 atom stereocenters. The first-order valence-electron chi connectivity index (χ1n) is 7.17. The van der Waals surface area contributed by atoms with Gasteiger partial charge in [-0.15, -0.1) is 0 Å². The molecular formula is C16H17ClF4O3. The van der Waals surface area contributed by atoms with Crippen molar-refractivity contribution < 1.29 is 31.9 Å². The van der Waals surface area contributed by atoms with Crippen LogP contribution >= 0.6 is 11.6 Å². The van der Waals surface area contributed by atoms with Gasteiger partial charge in [0.2, 0.25) is 0 Å². The molecule has 0 fully saturated rings. The quantitative estimate of drug-likeness (QED) is 0.537. The summed E-state index contributed by atoms with van der Waals surface area (Å²) < 4.78 is 57.5. The van der Waals surface area contributed by atoms with Gasteiger partial charge in [0.1, 0.15) is 22.6 Å². The topological polar surface area (TPSA) is 43.4 Å². The van der Waals surface area contributed by atoms with Gasteiger partial charge in [-0.2, -0.15) is 13.2 Å². The molecule has 1 aromatic rings. The van der Waals surface area contributed by atoms with E-state index in [1.807, 2.05) is 0 Å². The van der Waals surface area contributed by atoms with Gasteiger partial charge in [0, 0.05) is 6.42 Å². The Balaban J connectivity index is 3.00. The Hall–Kier alpha value is -1.63. The number of rotatable bonds is 6. The molecule has 0 unspecified atom stereocenters. The van der Waals surface area contributed by atoms with Gasteiger partial charge in [-0.25, -0.2) is 9.18 Å². The van der Waals surface area contributed by atoms with E-state index in [1.165, 1.54) is 19.1 Å². The van der Waals surface area contributed by atoms with E-state index in [1.54, 1.807) is 0 Å². The van der Waals surface area contributed by atoms with Crippen molar-refractivity contribution >= 4 is 23.4 Å². The molecule has 0 spiro atoms. The average Bonchev–Trinajstić information content (AvgIpc) is 2.45. The van der Waals surface area contributed by atoms with Crippen LogP contribution < -0.4 is 0 Å². The van der Waals surface area contributed by atoms with Crippen molar-refractivity contribution in [2.45, 2.75) is 39.8 Å². The van der Waals surface area contributed by atoms with Gasteiger partial charge in [0.15, 0.2) is 0 Å². The number of halogens is 5. The molecule has 24 heavy (non-hydrogen) atoms. The third kappa shape index (κ3) is 4.26. The summed E-state index contributed by atoms with van der Waals surface area (Å²) in [6.07, 6.45) is -5.50. The van der Waals surface area contributed by atoms with Crippen LogP contribution in [0.2, 0.25) is 5.02 Å². The number of hydrogen-bond donors (Lipinski definition) is 0. The number of benzene rings is 1. The lowest BCUT2D eigenvalue weighted by molar-refractivity contribution is -0.210. The maximum Gasteiger partial charge on any atom is 0.400 e.